The summed E-state index contributed by atoms with van der Waals surface area (Å²) in [7, 11) is 2.99. The minimum atomic E-state index is -0.599. The normalized spacial score (nSPS) is 15.0. The quantitative estimate of drug-likeness (QED) is 0.0806. The number of aromatic nitrogens is 3. The number of carbonyl (C=O) groups is 2. The van der Waals surface area contributed by atoms with Gasteiger partial charge in [-0.3, -0.25) is 9.59 Å². The molecule has 0 fully saturated rings. The van der Waals surface area contributed by atoms with Crippen molar-refractivity contribution in [3.8, 4) is 0 Å². The van der Waals surface area contributed by atoms with Gasteiger partial charge < -0.3 is 32.0 Å². The molecule has 2 aromatic heterocycles. The predicted octanol–water partition coefficient (Wildman–Crippen LogP) is 3.09. The Kier molecular flexibility index (Phi) is 13.2. The number of hydrazine groups is 1. The zero-order valence-electron chi connectivity index (χ0n) is 26.3. The standard InChI is InChI=1S/C31H35ClN8O4.CH4N2/c1-18(14-19-4-12-27(33)35-17-19)29(37-28(41)13-7-21-15-22(32)8-11-26(21)40(2)34)25-16-24(30(42)39-38-25)20-5-9-23(10-6-20)36-31(43)44-3;1-3-2/h4-9,11-13,15-18,23,29H,10,14,34H2,1-3H3,(H2,33,35)(H,36,43)(H,37,41)(H,39,42);1-2H2/b13-7+;. The number of ether oxygens (including phenoxy) is 1. The Hall–Kier alpha value is -5.47. The van der Waals surface area contributed by atoms with E-state index in [0.717, 1.165) is 5.56 Å². The van der Waals surface area contributed by atoms with Gasteiger partial charge in [0.25, 0.3) is 5.56 Å². The first kappa shape index (κ1) is 36.0. The third kappa shape index (κ3) is 10.5. The van der Waals surface area contributed by atoms with Crippen LogP contribution in [0.4, 0.5) is 16.3 Å². The van der Waals surface area contributed by atoms with Crippen LogP contribution in [-0.4, -0.2) is 54.1 Å². The number of benzene rings is 1. The number of allylic oxidation sites excluding steroid dienone is 2. The first-order valence-corrected chi connectivity index (χ1v) is 14.8. The van der Waals surface area contributed by atoms with E-state index in [2.05, 4.69) is 48.2 Å². The van der Waals surface area contributed by atoms with Gasteiger partial charge in [-0.1, -0.05) is 42.8 Å². The van der Waals surface area contributed by atoms with Crippen molar-refractivity contribution >= 4 is 53.5 Å². The minimum Gasteiger partial charge on any atom is -0.453 e. The van der Waals surface area contributed by atoms with E-state index in [9.17, 15) is 14.4 Å². The number of halogens is 1. The van der Waals surface area contributed by atoms with Crippen LogP contribution in [0.25, 0.3) is 11.6 Å². The summed E-state index contributed by atoms with van der Waals surface area (Å²) in [6.07, 6.45) is 10.6. The smallest absolute Gasteiger partial charge is 0.407 e. The number of amides is 2. The number of alkyl carbamates (subject to hydrolysis) is 1. The van der Waals surface area contributed by atoms with Gasteiger partial charge in [0.1, 0.15) is 5.82 Å². The average Bonchev–Trinajstić information content (AvgIpc) is 3.04. The number of hydrogen-bond acceptors (Lipinski definition) is 11. The number of anilines is 2. The summed E-state index contributed by atoms with van der Waals surface area (Å²) in [5.41, 5.74) is 9.15. The first-order valence-electron chi connectivity index (χ1n) is 14.4. The van der Waals surface area contributed by atoms with Crippen LogP contribution in [-0.2, 0) is 16.0 Å². The van der Waals surface area contributed by atoms with Crippen molar-refractivity contribution in [2.75, 3.05) is 24.9 Å². The number of hydrogen-bond donors (Lipinski definition) is 6. The molecule has 2 heterocycles. The van der Waals surface area contributed by atoms with Crippen molar-refractivity contribution < 1.29 is 14.3 Å². The van der Waals surface area contributed by atoms with E-state index in [0.29, 0.717) is 51.8 Å². The Labute approximate surface area is 277 Å². The van der Waals surface area contributed by atoms with Crippen molar-refractivity contribution in [3.05, 3.63) is 105 Å². The fourth-order valence-corrected chi connectivity index (χ4v) is 5.01. The molecule has 0 bridgehead atoms. The molecule has 1 aliphatic rings. The largest absolute Gasteiger partial charge is 0.453 e. The monoisotopic (exact) mass is 662 g/mol. The van der Waals surface area contributed by atoms with Gasteiger partial charge in [-0.2, -0.15) is 10.2 Å². The molecule has 0 spiro atoms. The number of methoxy groups -OCH3 is 1. The molecule has 15 heteroatoms. The van der Waals surface area contributed by atoms with Gasteiger partial charge in [0.05, 0.1) is 36.1 Å². The number of nitrogens with two attached hydrogens (primary N) is 3. The van der Waals surface area contributed by atoms with Crippen molar-refractivity contribution in [3.63, 3.8) is 0 Å². The second-order valence-electron chi connectivity index (χ2n) is 10.6. The molecular weight excluding hydrogens is 624 g/mol. The highest BCUT2D eigenvalue weighted by molar-refractivity contribution is 6.30. The molecule has 2 amide bonds. The van der Waals surface area contributed by atoms with Crippen molar-refractivity contribution in [2.45, 2.75) is 31.8 Å². The Morgan fingerprint density at radius 1 is 1.30 bits per heavy atom. The summed E-state index contributed by atoms with van der Waals surface area (Å²) in [6.45, 7) is 4.86. The number of hydrazone groups is 1. The Bertz CT molecular complexity index is 1700. The lowest BCUT2D eigenvalue weighted by Crippen LogP contribution is -2.34. The molecule has 14 nitrogen and oxygen atoms in total. The number of H-pyrrole nitrogens is 1. The number of aromatic amines is 1. The second-order valence-corrected chi connectivity index (χ2v) is 11.1. The number of nitrogens with one attached hydrogen (secondary N) is 3. The van der Waals surface area contributed by atoms with Crippen LogP contribution in [0.3, 0.4) is 0 Å². The van der Waals surface area contributed by atoms with Gasteiger partial charge in [0, 0.05) is 36.6 Å². The van der Waals surface area contributed by atoms with Gasteiger partial charge >= 0.3 is 6.09 Å². The summed E-state index contributed by atoms with van der Waals surface area (Å²) >= 11 is 6.18. The Balaban J connectivity index is 0.00000192. The van der Waals surface area contributed by atoms with Crippen molar-refractivity contribution in [1.82, 2.24) is 25.8 Å². The SMILES string of the molecule is C=NN.COC(=O)NC1C=CC(c2cc(C(NC(=O)/C=C/c3cc(Cl)ccc3N(C)N)C(C)Cc3ccc(N)nc3)n[nH]c2=O)=CC1. The average molecular weight is 663 g/mol. The maximum atomic E-state index is 13.3. The van der Waals surface area contributed by atoms with E-state index < -0.39 is 12.1 Å². The molecule has 248 valence electrons. The van der Waals surface area contributed by atoms with E-state index in [1.165, 1.54) is 18.2 Å². The summed E-state index contributed by atoms with van der Waals surface area (Å²) < 4.78 is 4.66. The molecule has 3 atom stereocenters. The summed E-state index contributed by atoms with van der Waals surface area (Å²) in [5, 5.41) is 17.3. The lowest BCUT2D eigenvalue weighted by Gasteiger charge is -2.25. The van der Waals surface area contributed by atoms with Crippen LogP contribution in [0.2, 0.25) is 5.02 Å². The van der Waals surface area contributed by atoms with Crippen LogP contribution in [0.5, 0.6) is 0 Å². The van der Waals surface area contributed by atoms with Crippen LogP contribution in [0.15, 0.2) is 76.8 Å². The van der Waals surface area contributed by atoms with Gasteiger partial charge in [-0.05, 0) is 66.3 Å². The molecule has 0 saturated heterocycles. The topological polar surface area (TPSA) is 220 Å². The van der Waals surface area contributed by atoms with E-state index in [4.69, 9.17) is 23.2 Å². The molecule has 3 aromatic rings. The molecule has 3 unspecified atom stereocenters. The van der Waals surface area contributed by atoms with Gasteiger partial charge in [0.15, 0.2) is 0 Å². The molecule has 1 aliphatic carbocycles. The highest BCUT2D eigenvalue weighted by Crippen LogP contribution is 2.27. The molecule has 9 N–H and O–H groups in total. The van der Waals surface area contributed by atoms with Crippen LogP contribution < -0.4 is 38.6 Å². The number of nitrogens with zero attached hydrogens (tertiary/aromatic N) is 4. The van der Waals surface area contributed by atoms with E-state index in [1.54, 1.807) is 61.8 Å². The summed E-state index contributed by atoms with van der Waals surface area (Å²) in [5.74, 6) is 10.2. The summed E-state index contributed by atoms with van der Waals surface area (Å²) in [6, 6.07) is 9.60. The van der Waals surface area contributed by atoms with Crippen molar-refractivity contribution in [2.24, 2.45) is 22.7 Å². The lowest BCUT2D eigenvalue weighted by atomic mass is 9.90. The van der Waals surface area contributed by atoms with Crippen LogP contribution in [0, 0.1) is 5.92 Å². The minimum absolute atomic E-state index is 0.176. The maximum absolute atomic E-state index is 13.3. The second kappa shape index (κ2) is 17.3. The third-order valence-electron chi connectivity index (χ3n) is 7.10. The Morgan fingerprint density at radius 2 is 2.04 bits per heavy atom. The molecule has 0 saturated carbocycles. The number of pyridine rings is 1. The van der Waals surface area contributed by atoms with E-state index in [1.807, 2.05) is 19.1 Å². The Morgan fingerprint density at radius 3 is 2.66 bits per heavy atom. The number of rotatable bonds is 10. The lowest BCUT2D eigenvalue weighted by molar-refractivity contribution is -0.117. The molecule has 0 aliphatic heterocycles. The van der Waals surface area contributed by atoms with E-state index >= 15 is 0 Å². The fraction of sp³-hybridized carbons (Fsp3) is 0.250. The molecule has 0 radical (unpaired) electrons. The van der Waals surface area contributed by atoms with Gasteiger partial charge in [0.2, 0.25) is 5.91 Å². The zero-order valence-corrected chi connectivity index (χ0v) is 27.1. The number of nitrogen functional groups attached to an aromatic ring is 1. The predicted molar refractivity (Wildman–Crippen MR) is 185 cm³/mol. The van der Waals surface area contributed by atoms with E-state index in [-0.39, 0.29) is 23.4 Å². The molecule has 47 heavy (non-hydrogen) atoms. The molecule has 1 aromatic carbocycles. The third-order valence-corrected chi connectivity index (χ3v) is 7.33. The van der Waals surface area contributed by atoms with Gasteiger partial charge in [-0.15, -0.1) is 0 Å². The van der Waals surface area contributed by atoms with Crippen LogP contribution in [0.1, 0.15) is 41.8 Å². The highest BCUT2D eigenvalue weighted by atomic mass is 35.5. The summed E-state index contributed by atoms with van der Waals surface area (Å²) in [4.78, 5) is 41.9. The zero-order chi connectivity index (χ0) is 34.5. The molecular formula is C32H39ClN10O4. The van der Waals surface area contributed by atoms with Crippen molar-refractivity contribution in [1.29, 1.82) is 0 Å². The first-order chi connectivity index (χ1) is 22.4. The van der Waals surface area contributed by atoms with Gasteiger partial charge in [-0.25, -0.2) is 20.7 Å². The van der Waals surface area contributed by atoms with Crippen LogP contribution >= 0.6 is 11.6 Å². The maximum Gasteiger partial charge on any atom is 0.407 e. The fourth-order valence-electron chi connectivity index (χ4n) is 4.83. The number of carbonyl (C=O) groups excluding carboxylic acids is 2. The highest BCUT2D eigenvalue weighted by Gasteiger charge is 2.25. The molecule has 4 rings (SSSR count).